The van der Waals surface area contributed by atoms with Crippen molar-refractivity contribution in [2.45, 2.75) is 30.8 Å². The molecule has 4 N–H and O–H groups in total. The molecule has 124 valence electrons. The van der Waals surface area contributed by atoms with Crippen LogP contribution in [0.3, 0.4) is 0 Å². The van der Waals surface area contributed by atoms with Gasteiger partial charge in [-0.3, -0.25) is 4.90 Å². The second kappa shape index (κ2) is 7.34. The van der Waals surface area contributed by atoms with Crippen LogP contribution in [0.4, 0.5) is 4.39 Å². The number of hydrogen-bond donors (Lipinski definition) is 4. The van der Waals surface area contributed by atoms with Gasteiger partial charge in [0.25, 0.3) is 0 Å². The highest BCUT2D eigenvalue weighted by Crippen LogP contribution is 2.21. The Labute approximate surface area is 128 Å². The summed E-state index contributed by atoms with van der Waals surface area (Å²) in [6.07, 6.45) is -3.28. The van der Waals surface area contributed by atoms with E-state index in [9.17, 15) is 24.8 Å². The van der Waals surface area contributed by atoms with Crippen molar-refractivity contribution < 1.29 is 29.6 Å². The Morgan fingerprint density at radius 2 is 2.00 bits per heavy atom. The fourth-order valence-corrected chi connectivity index (χ4v) is 2.76. The maximum absolute atomic E-state index is 13.9. The fraction of sp³-hybridized carbons (Fsp3) is 0.600. The number of ether oxygens (including phenoxy) is 1. The molecule has 1 aromatic carbocycles. The lowest BCUT2D eigenvalue weighted by Gasteiger charge is -2.43. The molecule has 1 heterocycles. The molecule has 1 saturated heterocycles. The SMILES string of the molecule is COc1ccc(CCN2C[C@H](O)[C@@H](O)[C@H](O)[C@@H]2CO)c(F)c1. The van der Waals surface area contributed by atoms with Gasteiger partial charge in [-0.2, -0.15) is 0 Å². The smallest absolute Gasteiger partial charge is 0.130 e. The normalized spacial score (nSPS) is 29.5. The molecule has 6 nitrogen and oxygen atoms in total. The van der Waals surface area contributed by atoms with Crippen molar-refractivity contribution in [3.8, 4) is 5.75 Å². The average Bonchev–Trinajstić information content (AvgIpc) is 2.51. The number of nitrogens with zero attached hydrogens (tertiary/aromatic N) is 1. The van der Waals surface area contributed by atoms with Gasteiger partial charge in [-0.15, -0.1) is 0 Å². The molecule has 1 aliphatic heterocycles. The van der Waals surface area contributed by atoms with Crippen LogP contribution in [-0.2, 0) is 6.42 Å². The Hall–Kier alpha value is -1.25. The molecule has 22 heavy (non-hydrogen) atoms. The lowest BCUT2D eigenvalue weighted by atomic mass is 9.94. The molecule has 0 saturated carbocycles. The van der Waals surface area contributed by atoms with E-state index in [2.05, 4.69) is 0 Å². The fourth-order valence-electron chi connectivity index (χ4n) is 2.76. The summed E-state index contributed by atoms with van der Waals surface area (Å²) in [5, 5.41) is 38.6. The van der Waals surface area contributed by atoms with Gasteiger partial charge >= 0.3 is 0 Å². The summed E-state index contributed by atoms with van der Waals surface area (Å²) in [5.41, 5.74) is 0.479. The van der Waals surface area contributed by atoms with Crippen LogP contribution in [0.1, 0.15) is 5.56 Å². The molecule has 4 atom stereocenters. The number of likely N-dealkylation sites (tertiary alicyclic amines) is 1. The monoisotopic (exact) mass is 315 g/mol. The first-order valence-electron chi connectivity index (χ1n) is 7.19. The zero-order valence-electron chi connectivity index (χ0n) is 12.4. The Morgan fingerprint density at radius 1 is 1.27 bits per heavy atom. The topological polar surface area (TPSA) is 93.4 Å². The maximum Gasteiger partial charge on any atom is 0.130 e. The van der Waals surface area contributed by atoms with Crippen LogP contribution in [0.25, 0.3) is 0 Å². The van der Waals surface area contributed by atoms with E-state index in [1.54, 1.807) is 17.0 Å². The molecule has 1 aliphatic rings. The number of methoxy groups -OCH3 is 1. The summed E-state index contributed by atoms with van der Waals surface area (Å²) in [4.78, 5) is 1.66. The van der Waals surface area contributed by atoms with Crippen molar-refractivity contribution in [2.75, 3.05) is 26.8 Å². The molecule has 0 aromatic heterocycles. The van der Waals surface area contributed by atoms with E-state index >= 15 is 0 Å². The van der Waals surface area contributed by atoms with Crippen LogP contribution >= 0.6 is 0 Å². The van der Waals surface area contributed by atoms with Crippen molar-refractivity contribution in [1.29, 1.82) is 0 Å². The predicted octanol–water partition coefficient (Wildman–Crippen LogP) is -0.864. The molecule has 1 fully saturated rings. The summed E-state index contributed by atoms with van der Waals surface area (Å²) >= 11 is 0. The minimum Gasteiger partial charge on any atom is -0.497 e. The van der Waals surface area contributed by atoms with Crippen LogP contribution in [-0.4, -0.2) is 76.5 Å². The number of aliphatic hydroxyl groups excluding tert-OH is 4. The highest BCUT2D eigenvalue weighted by Gasteiger charge is 2.40. The summed E-state index contributed by atoms with van der Waals surface area (Å²) in [5.74, 6) is 0.0412. The second-order valence-corrected chi connectivity index (χ2v) is 5.50. The van der Waals surface area contributed by atoms with Crippen LogP contribution < -0.4 is 4.74 Å². The predicted molar refractivity (Wildman–Crippen MR) is 77.1 cm³/mol. The van der Waals surface area contributed by atoms with Gasteiger partial charge in [0.15, 0.2) is 0 Å². The number of aliphatic hydroxyl groups is 4. The molecule has 0 bridgehead atoms. The largest absolute Gasteiger partial charge is 0.497 e. The first kappa shape index (κ1) is 17.1. The van der Waals surface area contributed by atoms with E-state index in [-0.39, 0.29) is 13.2 Å². The summed E-state index contributed by atoms with van der Waals surface area (Å²) in [6.45, 7) is 0.104. The third-order valence-electron chi connectivity index (χ3n) is 4.14. The third-order valence-corrected chi connectivity index (χ3v) is 4.14. The minimum absolute atomic E-state index is 0.112. The lowest BCUT2D eigenvalue weighted by molar-refractivity contribution is -0.144. The van der Waals surface area contributed by atoms with Gasteiger partial charge in [-0.1, -0.05) is 6.07 Å². The molecule has 0 radical (unpaired) electrons. The molecule has 1 aromatic rings. The highest BCUT2D eigenvalue weighted by atomic mass is 19.1. The zero-order chi connectivity index (χ0) is 16.3. The minimum atomic E-state index is -1.29. The lowest BCUT2D eigenvalue weighted by Crippen LogP contribution is -2.62. The quantitative estimate of drug-likeness (QED) is 0.565. The first-order valence-corrected chi connectivity index (χ1v) is 7.19. The molecule has 7 heteroatoms. The van der Waals surface area contributed by atoms with Crippen LogP contribution in [0.2, 0.25) is 0 Å². The Balaban J connectivity index is 2.03. The molecule has 0 amide bonds. The number of benzene rings is 1. The summed E-state index contributed by atoms with van der Waals surface area (Å²) in [7, 11) is 1.46. The molecule has 0 unspecified atom stereocenters. The van der Waals surface area contributed by atoms with E-state index in [4.69, 9.17) is 4.74 Å². The van der Waals surface area contributed by atoms with E-state index in [1.807, 2.05) is 0 Å². The number of hydrogen-bond acceptors (Lipinski definition) is 6. The average molecular weight is 315 g/mol. The van der Waals surface area contributed by atoms with Gasteiger partial charge in [0, 0.05) is 19.2 Å². The Kier molecular flexibility index (Phi) is 5.71. The summed E-state index contributed by atoms with van der Waals surface area (Å²) in [6, 6.07) is 3.89. The van der Waals surface area contributed by atoms with Crippen LogP contribution in [0.5, 0.6) is 5.75 Å². The van der Waals surface area contributed by atoms with Gasteiger partial charge in [-0.25, -0.2) is 4.39 Å². The number of β-amino-alcohol motifs (C(OH)–C–C–N with tert-alkyl or cyclic N) is 1. The number of rotatable bonds is 5. The van der Waals surface area contributed by atoms with Gasteiger partial charge in [-0.05, 0) is 18.1 Å². The summed E-state index contributed by atoms with van der Waals surface area (Å²) < 4.78 is 18.8. The molecule has 0 aliphatic carbocycles. The van der Waals surface area contributed by atoms with E-state index in [1.165, 1.54) is 13.2 Å². The van der Waals surface area contributed by atoms with E-state index in [0.29, 0.717) is 24.3 Å². The zero-order valence-corrected chi connectivity index (χ0v) is 12.4. The maximum atomic E-state index is 13.9. The van der Waals surface area contributed by atoms with Crippen LogP contribution in [0.15, 0.2) is 18.2 Å². The van der Waals surface area contributed by atoms with Crippen molar-refractivity contribution >= 4 is 0 Å². The van der Waals surface area contributed by atoms with Crippen molar-refractivity contribution in [2.24, 2.45) is 0 Å². The first-order chi connectivity index (χ1) is 10.5. The van der Waals surface area contributed by atoms with E-state index in [0.717, 1.165) is 0 Å². The Morgan fingerprint density at radius 3 is 2.59 bits per heavy atom. The van der Waals surface area contributed by atoms with Gasteiger partial charge in [0.05, 0.1) is 25.9 Å². The van der Waals surface area contributed by atoms with Gasteiger partial charge in [0.1, 0.15) is 23.8 Å². The third kappa shape index (κ3) is 3.56. The molecular weight excluding hydrogens is 293 g/mol. The standard InChI is InChI=1S/C15H22FNO5/c1-22-10-3-2-9(11(16)6-10)4-5-17-7-13(19)15(21)14(20)12(17)8-18/h2-3,6,12-15,18-21H,4-5,7-8H2,1H3/t12-,13-,14+,15+/m0/s1. The number of piperidine rings is 1. The van der Waals surface area contributed by atoms with Crippen molar-refractivity contribution in [3.63, 3.8) is 0 Å². The molecular formula is C15H22FNO5. The number of halogens is 1. The van der Waals surface area contributed by atoms with Crippen LogP contribution in [0, 0.1) is 5.82 Å². The van der Waals surface area contributed by atoms with E-state index < -0.39 is 30.2 Å². The van der Waals surface area contributed by atoms with Crippen molar-refractivity contribution in [1.82, 2.24) is 4.90 Å². The molecule has 0 spiro atoms. The van der Waals surface area contributed by atoms with Gasteiger partial charge in [0.2, 0.25) is 0 Å². The Bertz CT molecular complexity index is 501. The van der Waals surface area contributed by atoms with Crippen molar-refractivity contribution in [3.05, 3.63) is 29.6 Å². The van der Waals surface area contributed by atoms with Gasteiger partial charge < -0.3 is 25.2 Å². The molecule has 2 rings (SSSR count). The highest BCUT2D eigenvalue weighted by molar-refractivity contribution is 5.29. The second-order valence-electron chi connectivity index (χ2n) is 5.50.